The second kappa shape index (κ2) is 18.7. The monoisotopic (exact) mass is 681 g/mol. The van der Waals surface area contributed by atoms with Gasteiger partial charge >= 0.3 is 23.9 Å². The summed E-state index contributed by atoms with van der Waals surface area (Å²) < 4.78 is 52.1. The summed E-state index contributed by atoms with van der Waals surface area (Å²) in [6, 6.07) is 10.2. The highest BCUT2D eigenvalue weighted by Gasteiger charge is 2.22. The number of carbonyl (C=O) groups excluding carboxylic acids is 4. The van der Waals surface area contributed by atoms with E-state index < -0.39 is 35.5 Å². The Hall–Kier alpha value is -5.33. The normalized spacial score (nSPS) is 9.71. The molecular formula is C36H37F2NO8S. The molecule has 3 aromatic rings. The number of hydrogen-bond acceptors (Lipinski definition) is 10. The Morgan fingerprint density at radius 3 is 1.02 bits per heavy atom. The number of esters is 4. The van der Waals surface area contributed by atoms with E-state index in [2.05, 4.69) is 44.3 Å². The van der Waals surface area contributed by atoms with E-state index in [1.54, 1.807) is 0 Å². The predicted molar refractivity (Wildman–Crippen MR) is 184 cm³/mol. The molecule has 0 fully saturated rings. The SMILES string of the molecule is C=C(C)C(=O)Oc1ccc(-c2ccc(-c3ccc(OC(=O)C(=C)C)c(OC(=O)C(=C)C)c3)c(F)c2F)cc1OC(=O)C(=C)C.CC.NS. The molecule has 0 bridgehead atoms. The number of nitrogens with two attached hydrogens (primary N) is 1. The Morgan fingerprint density at radius 2 is 0.771 bits per heavy atom. The van der Waals surface area contributed by atoms with Gasteiger partial charge in [-0.1, -0.05) is 64.4 Å². The van der Waals surface area contributed by atoms with Gasteiger partial charge in [0.05, 0.1) is 0 Å². The van der Waals surface area contributed by atoms with Crippen molar-refractivity contribution in [3.63, 3.8) is 0 Å². The van der Waals surface area contributed by atoms with Crippen molar-refractivity contribution in [2.45, 2.75) is 41.5 Å². The molecule has 0 aromatic heterocycles. The number of ether oxygens (including phenoxy) is 4. The maximum atomic E-state index is 15.6. The summed E-state index contributed by atoms with van der Waals surface area (Å²) >= 11 is 3.03. The molecule has 0 unspecified atom stereocenters. The van der Waals surface area contributed by atoms with Crippen molar-refractivity contribution in [2.24, 2.45) is 5.14 Å². The van der Waals surface area contributed by atoms with Crippen molar-refractivity contribution < 1.29 is 46.9 Å². The summed E-state index contributed by atoms with van der Waals surface area (Å²) in [5.41, 5.74) is 0.00131. The van der Waals surface area contributed by atoms with E-state index in [0.717, 1.165) is 0 Å². The molecule has 0 heterocycles. The Bertz CT molecular complexity index is 1650. The average Bonchev–Trinajstić information content (AvgIpc) is 3.05. The van der Waals surface area contributed by atoms with Gasteiger partial charge in [0.1, 0.15) is 0 Å². The highest BCUT2D eigenvalue weighted by molar-refractivity contribution is 7.77. The maximum absolute atomic E-state index is 15.6. The molecule has 0 amide bonds. The molecule has 0 aliphatic heterocycles. The van der Waals surface area contributed by atoms with Gasteiger partial charge in [-0.25, -0.2) is 28.0 Å². The molecule has 0 aliphatic carbocycles. The molecule has 3 aromatic carbocycles. The van der Waals surface area contributed by atoms with E-state index in [1.165, 1.54) is 76.2 Å². The van der Waals surface area contributed by atoms with E-state index in [0.29, 0.717) is 0 Å². The zero-order valence-corrected chi connectivity index (χ0v) is 28.4. The minimum atomic E-state index is -1.26. The van der Waals surface area contributed by atoms with Gasteiger partial charge in [0.2, 0.25) is 0 Å². The van der Waals surface area contributed by atoms with Crippen molar-refractivity contribution in [1.29, 1.82) is 0 Å². The van der Waals surface area contributed by atoms with E-state index in [9.17, 15) is 19.2 Å². The number of thiol groups is 1. The van der Waals surface area contributed by atoms with E-state index in [1.807, 2.05) is 13.8 Å². The van der Waals surface area contributed by atoms with Crippen LogP contribution in [0.5, 0.6) is 23.0 Å². The van der Waals surface area contributed by atoms with Crippen LogP contribution in [-0.4, -0.2) is 23.9 Å². The lowest BCUT2D eigenvalue weighted by molar-refractivity contribution is -0.132. The lowest BCUT2D eigenvalue weighted by Crippen LogP contribution is -2.13. The zero-order chi connectivity index (χ0) is 36.9. The molecule has 0 saturated heterocycles. The molecule has 2 N–H and O–H groups in total. The predicted octanol–water partition coefficient (Wildman–Crippen LogP) is 8.04. The highest BCUT2D eigenvalue weighted by Crippen LogP contribution is 2.39. The van der Waals surface area contributed by atoms with Crippen LogP contribution in [0.3, 0.4) is 0 Å². The first-order valence-electron chi connectivity index (χ1n) is 14.1. The molecule has 0 saturated carbocycles. The number of rotatable bonds is 10. The molecule has 12 heteroatoms. The Labute approximate surface area is 283 Å². The molecule has 254 valence electrons. The molecule has 3 rings (SSSR count). The third kappa shape index (κ3) is 10.6. The van der Waals surface area contributed by atoms with Crippen molar-refractivity contribution in [2.75, 3.05) is 0 Å². The second-order valence-corrected chi connectivity index (χ2v) is 9.79. The number of hydrogen-bond donors (Lipinski definition) is 2. The average molecular weight is 682 g/mol. The highest BCUT2D eigenvalue weighted by atomic mass is 32.1. The van der Waals surface area contributed by atoms with Crippen LogP contribution in [0.4, 0.5) is 8.78 Å². The summed E-state index contributed by atoms with van der Waals surface area (Å²) in [7, 11) is 0. The van der Waals surface area contributed by atoms with Gasteiger partial charge in [0, 0.05) is 33.4 Å². The Balaban J connectivity index is 0.00000277. The summed E-state index contributed by atoms with van der Waals surface area (Å²) in [4.78, 5) is 48.6. The number of benzene rings is 3. The standard InChI is InChI=1S/C34H28F2O8.C2H6.H3NS/c1-17(2)31(37)41-25-13-9-21(15-27(25)43-33(39)19(5)6)23-11-12-24(30(36)29(23)35)22-10-14-26(42-32(38)18(3)4)28(16-22)44-34(40)20(7)8;2*1-2/h9-16H,1,3,5,7H2,2,4,6,8H3;1-2H3;2H,1H2. The smallest absolute Gasteiger partial charge is 0.338 e. The largest absolute Gasteiger partial charge is 0.419 e. The van der Waals surface area contributed by atoms with Gasteiger partial charge in [-0.3, -0.25) is 5.14 Å². The first kappa shape index (κ1) is 40.7. The summed E-state index contributed by atoms with van der Waals surface area (Å²) in [6.45, 7) is 23.7. The minimum Gasteiger partial charge on any atom is -0.419 e. The summed E-state index contributed by atoms with van der Waals surface area (Å²) in [6.07, 6.45) is 0. The van der Waals surface area contributed by atoms with E-state index >= 15 is 8.78 Å². The summed E-state index contributed by atoms with van der Waals surface area (Å²) in [5.74, 6) is -6.56. The van der Waals surface area contributed by atoms with Crippen LogP contribution >= 0.6 is 12.8 Å². The molecule has 0 radical (unpaired) electrons. The van der Waals surface area contributed by atoms with Crippen molar-refractivity contribution in [1.82, 2.24) is 0 Å². The van der Waals surface area contributed by atoms with Gasteiger partial charge in [-0.2, -0.15) is 0 Å². The fourth-order valence-corrected chi connectivity index (χ4v) is 3.42. The lowest BCUT2D eigenvalue weighted by atomic mass is 9.98. The molecule has 48 heavy (non-hydrogen) atoms. The third-order valence-corrected chi connectivity index (χ3v) is 5.80. The molecule has 0 aliphatic rings. The first-order chi connectivity index (χ1) is 22.6. The van der Waals surface area contributed by atoms with Gasteiger partial charge in [-0.05, 0) is 63.1 Å². The van der Waals surface area contributed by atoms with Crippen molar-refractivity contribution in [3.8, 4) is 45.3 Å². The Morgan fingerprint density at radius 1 is 0.521 bits per heavy atom. The van der Waals surface area contributed by atoms with Gasteiger partial charge in [-0.15, -0.1) is 12.8 Å². The summed E-state index contributed by atoms with van der Waals surface area (Å²) in [5, 5.41) is 4.19. The van der Waals surface area contributed by atoms with Crippen LogP contribution in [0, 0.1) is 11.6 Å². The van der Waals surface area contributed by atoms with Crippen LogP contribution in [0.2, 0.25) is 0 Å². The lowest BCUT2D eigenvalue weighted by Gasteiger charge is -2.15. The van der Waals surface area contributed by atoms with Crippen molar-refractivity contribution in [3.05, 3.63) is 109 Å². The van der Waals surface area contributed by atoms with Crippen LogP contribution < -0.4 is 24.1 Å². The number of halogens is 2. The quantitative estimate of drug-likeness (QED) is 0.0945. The molecule has 0 spiro atoms. The Kier molecular flexibility index (Phi) is 15.9. The molecule has 0 atom stereocenters. The van der Waals surface area contributed by atoms with E-state index in [-0.39, 0.29) is 67.5 Å². The van der Waals surface area contributed by atoms with Crippen LogP contribution in [0.1, 0.15) is 41.5 Å². The van der Waals surface area contributed by atoms with Gasteiger partial charge in [0.15, 0.2) is 34.6 Å². The van der Waals surface area contributed by atoms with Gasteiger partial charge < -0.3 is 18.9 Å². The van der Waals surface area contributed by atoms with Crippen molar-refractivity contribution >= 4 is 36.7 Å². The fourth-order valence-electron chi connectivity index (χ4n) is 3.42. The molecule has 9 nitrogen and oxygen atoms in total. The number of carbonyl (C=O) groups is 4. The third-order valence-electron chi connectivity index (χ3n) is 5.80. The topological polar surface area (TPSA) is 131 Å². The molecular weight excluding hydrogens is 644 g/mol. The first-order valence-corrected chi connectivity index (χ1v) is 14.7. The van der Waals surface area contributed by atoms with E-state index in [4.69, 9.17) is 18.9 Å². The van der Waals surface area contributed by atoms with Crippen LogP contribution in [-0.2, 0) is 19.2 Å². The van der Waals surface area contributed by atoms with Crippen LogP contribution in [0.25, 0.3) is 22.3 Å². The van der Waals surface area contributed by atoms with Gasteiger partial charge in [0.25, 0.3) is 0 Å². The second-order valence-electron chi connectivity index (χ2n) is 9.79. The zero-order valence-electron chi connectivity index (χ0n) is 27.5. The minimum absolute atomic E-state index is 0.0443. The fraction of sp³-hybridized carbons (Fsp3) is 0.167. The maximum Gasteiger partial charge on any atom is 0.338 e. The van der Waals surface area contributed by atoms with Crippen LogP contribution in [0.15, 0.2) is 97.1 Å².